The SMILES string of the molecule is CC(C)c1cc2[nH]c(C(=O)Nc3ccc4[nH]ncc4c3)nc2nc1C(F)(F)F. The van der Waals surface area contributed by atoms with Crippen LogP contribution in [0, 0.1) is 0 Å². The summed E-state index contributed by atoms with van der Waals surface area (Å²) < 4.78 is 39.9. The van der Waals surface area contributed by atoms with E-state index in [9.17, 15) is 18.0 Å². The summed E-state index contributed by atoms with van der Waals surface area (Å²) in [5, 5.41) is 10.2. The number of hydrogen-bond donors (Lipinski definition) is 3. The average molecular weight is 388 g/mol. The van der Waals surface area contributed by atoms with Gasteiger partial charge in [0.25, 0.3) is 5.91 Å². The van der Waals surface area contributed by atoms with Crippen molar-refractivity contribution in [3.05, 3.63) is 47.5 Å². The highest BCUT2D eigenvalue weighted by atomic mass is 19.4. The number of imidazole rings is 1. The number of hydrogen-bond acceptors (Lipinski definition) is 4. The van der Waals surface area contributed by atoms with Gasteiger partial charge in [-0.15, -0.1) is 0 Å². The molecule has 3 heterocycles. The van der Waals surface area contributed by atoms with Crippen molar-refractivity contribution in [1.82, 2.24) is 25.1 Å². The van der Waals surface area contributed by atoms with E-state index in [1.54, 1.807) is 38.2 Å². The van der Waals surface area contributed by atoms with Crippen LogP contribution in [0.1, 0.15) is 41.6 Å². The van der Waals surface area contributed by atoms with E-state index in [2.05, 4.69) is 30.5 Å². The molecule has 1 aromatic carbocycles. The summed E-state index contributed by atoms with van der Waals surface area (Å²) >= 11 is 0. The van der Waals surface area contributed by atoms with E-state index in [0.717, 1.165) is 10.9 Å². The van der Waals surface area contributed by atoms with Crippen molar-refractivity contribution in [1.29, 1.82) is 0 Å². The molecule has 0 radical (unpaired) electrons. The molecule has 0 saturated heterocycles. The maximum atomic E-state index is 13.3. The van der Waals surface area contributed by atoms with Gasteiger partial charge in [-0.25, -0.2) is 9.97 Å². The number of alkyl halides is 3. The third-order valence-corrected chi connectivity index (χ3v) is 4.31. The maximum Gasteiger partial charge on any atom is 0.433 e. The molecule has 4 aromatic rings. The van der Waals surface area contributed by atoms with Crippen LogP contribution in [0.3, 0.4) is 0 Å². The van der Waals surface area contributed by atoms with Crippen LogP contribution >= 0.6 is 0 Å². The van der Waals surface area contributed by atoms with Crippen molar-refractivity contribution in [3.8, 4) is 0 Å². The summed E-state index contributed by atoms with van der Waals surface area (Å²) in [6.45, 7) is 3.29. The number of rotatable bonds is 3. The van der Waals surface area contributed by atoms with Gasteiger partial charge < -0.3 is 10.3 Å². The Bertz CT molecular complexity index is 1190. The zero-order chi connectivity index (χ0) is 20.1. The molecule has 0 fully saturated rings. The molecule has 3 N–H and O–H groups in total. The van der Waals surface area contributed by atoms with Crippen molar-refractivity contribution in [2.75, 3.05) is 5.32 Å². The van der Waals surface area contributed by atoms with Crippen molar-refractivity contribution >= 4 is 33.7 Å². The molecule has 3 aromatic heterocycles. The van der Waals surface area contributed by atoms with Gasteiger partial charge in [-0.1, -0.05) is 13.8 Å². The molecule has 1 amide bonds. The molecular formula is C18H15F3N6O. The Morgan fingerprint density at radius 1 is 1.14 bits per heavy atom. The topological polar surface area (TPSA) is 99.3 Å². The van der Waals surface area contributed by atoms with Crippen molar-refractivity contribution in [2.24, 2.45) is 0 Å². The fourth-order valence-corrected chi connectivity index (χ4v) is 2.94. The van der Waals surface area contributed by atoms with E-state index in [-0.39, 0.29) is 22.6 Å². The lowest BCUT2D eigenvalue weighted by molar-refractivity contribution is -0.141. The molecular weight excluding hydrogens is 373 g/mol. The molecule has 7 nitrogen and oxygen atoms in total. The van der Waals surface area contributed by atoms with E-state index >= 15 is 0 Å². The lowest BCUT2D eigenvalue weighted by Crippen LogP contribution is -2.13. The normalized spacial score (nSPS) is 12.2. The molecule has 0 aliphatic rings. The first kappa shape index (κ1) is 18.0. The average Bonchev–Trinajstić information content (AvgIpc) is 3.25. The van der Waals surface area contributed by atoms with E-state index in [0.29, 0.717) is 5.69 Å². The number of aromatic amines is 2. The fourth-order valence-electron chi connectivity index (χ4n) is 2.94. The van der Waals surface area contributed by atoms with Gasteiger partial charge in [-0.2, -0.15) is 18.3 Å². The lowest BCUT2D eigenvalue weighted by Gasteiger charge is -2.13. The number of fused-ring (bicyclic) bond motifs is 2. The molecule has 0 atom stereocenters. The number of H-pyrrole nitrogens is 2. The number of amides is 1. The van der Waals surface area contributed by atoms with Gasteiger partial charge in [-0.3, -0.25) is 9.89 Å². The Labute approximate surface area is 156 Å². The van der Waals surface area contributed by atoms with Crippen LogP contribution in [0.25, 0.3) is 22.1 Å². The highest BCUT2D eigenvalue weighted by Gasteiger charge is 2.37. The number of carbonyl (C=O) groups is 1. The number of anilines is 1. The predicted octanol–water partition coefficient (Wildman–Crippen LogP) is 4.23. The van der Waals surface area contributed by atoms with Crippen LogP contribution < -0.4 is 5.32 Å². The minimum atomic E-state index is -4.60. The lowest BCUT2D eigenvalue weighted by atomic mass is 10.0. The van der Waals surface area contributed by atoms with Crippen molar-refractivity contribution in [3.63, 3.8) is 0 Å². The Kier molecular flexibility index (Phi) is 4.06. The second-order valence-corrected chi connectivity index (χ2v) is 6.66. The molecule has 0 saturated carbocycles. The van der Waals surface area contributed by atoms with Crippen LogP contribution in [0.5, 0.6) is 0 Å². The predicted molar refractivity (Wildman–Crippen MR) is 97.0 cm³/mol. The summed E-state index contributed by atoms with van der Waals surface area (Å²) in [5.41, 5.74) is 0.483. The highest BCUT2D eigenvalue weighted by molar-refractivity contribution is 6.04. The van der Waals surface area contributed by atoms with Gasteiger partial charge >= 0.3 is 6.18 Å². The molecule has 144 valence electrons. The number of halogens is 3. The largest absolute Gasteiger partial charge is 0.433 e. The number of pyridine rings is 1. The van der Waals surface area contributed by atoms with Crippen LogP contribution in [0.4, 0.5) is 18.9 Å². The van der Waals surface area contributed by atoms with Gasteiger partial charge in [0.15, 0.2) is 17.2 Å². The fraction of sp³-hybridized carbons (Fsp3) is 0.222. The number of carbonyl (C=O) groups excluding carboxylic acids is 1. The maximum absolute atomic E-state index is 13.3. The van der Waals surface area contributed by atoms with Crippen LogP contribution in [-0.2, 0) is 6.18 Å². The van der Waals surface area contributed by atoms with Gasteiger partial charge in [0.05, 0.1) is 17.2 Å². The standard InChI is InChI=1S/C18H15F3N6O/c1-8(2)11-6-13-15(25-14(11)18(19,20)21)26-16(24-13)17(28)23-10-3-4-12-9(5-10)7-22-27-12/h3-8H,1-2H3,(H,22,27)(H,23,28)(H,24,25,26). The first-order valence-corrected chi connectivity index (χ1v) is 8.44. The quantitative estimate of drug-likeness (QED) is 0.489. The molecule has 28 heavy (non-hydrogen) atoms. The molecule has 0 unspecified atom stereocenters. The van der Waals surface area contributed by atoms with Gasteiger partial charge in [0.2, 0.25) is 0 Å². The second kappa shape index (κ2) is 6.32. The van der Waals surface area contributed by atoms with E-state index in [4.69, 9.17) is 0 Å². The third-order valence-electron chi connectivity index (χ3n) is 4.31. The molecule has 0 aliphatic carbocycles. The third kappa shape index (κ3) is 3.17. The van der Waals surface area contributed by atoms with E-state index < -0.39 is 23.7 Å². The van der Waals surface area contributed by atoms with Crippen molar-refractivity contribution < 1.29 is 18.0 Å². The summed E-state index contributed by atoms with van der Waals surface area (Å²) in [6, 6.07) is 6.49. The Hall–Kier alpha value is -3.43. The molecule has 4 rings (SSSR count). The monoisotopic (exact) mass is 388 g/mol. The van der Waals surface area contributed by atoms with E-state index in [1.165, 1.54) is 6.07 Å². The zero-order valence-electron chi connectivity index (χ0n) is 14.8. The smallest absolute Gasteiger partial charge is 0.332 e. The Morgan fingerprint density at radius 3 is 2.64 bits per heavy atom. The zero-order valence-corrected chi connectivity index (χ0v) is 14.8. The summed E-state index contributed by atoms with van der Waals surface area (Å²) in [7, 11) is 0. The Balaban J connectivity index is 1.69. The van der Waals surface area contributed by atoms with Gasteiger partial charge in [0.1, 0.15) is 0 Å². The first-order valence-electron chi connectivity index (χ1n) is 8.44. The minimum Gasteiger partial charge on any atom is -0.332 e. The number of nitrogens with one attached hydrogen (secondary N) is 3. The summed E-state index contributed by atoms with van der Waals surface area (Å²) in [5.74, 6) is -1.10. The molecule has 10 heteroatoms. The van der Waals surface area contributed by atoms with Crippen LogP contribution in [0.15, 0.2) is 30.5 Å². The summed E-state index contributed by atoms with van der Waals surface area (Å²) in [4.78, 5) is 22.8. The first-order chi connectivity index (χ1) is 13.2. The Morgan fingerprint density at radius 2 is 1.93 bits per heavy atom. The summed E-state index contributed by atoms with van der Waals surface area (Å²) in [6.07, 6.45) is -2.99. The van der Waals surface area contributed by atoms with Crippen molar-refractivity contribution in [2.45, 2.75) is 25.9 Å². The number of benzene rings is 1. The number of aromatic nitrogens is 5. The molecule has 0 aliphatic heterocycles. The molecule has 0 spiro atoms. The molecule has 0 bridgehead atoms. The van der Waals surface area contributed by atoms with Crippen LogP contribution in [0.2, 0.25) is 0 Å². The van der Waals surface area contributed by atoms with E-state index in [1.807, 2.05) is 0 Å². The highest BCUT2D eigenvalue weighted by Crippen LogP contribution is 2.35. The minimum absolute atomic E-state index is 0.0426. The second-order valence-electron chi connectivity index (χ2n) is 6.66. The van der Waals surface area contributed by atoms with Crippen LogP contribution in [-0.4, -0.2) is 31.1 Å². The number of nitrogens with zero attached hydrogens (tertiary/aromatic N) is 3. The van der Waals surface area contributed by atoms with Gasteiger partial charge in [-0.05, 0) is 35.7 Å². The van der Waals surface area contributed by atoms with Gasteiger partial charge in [0, 0.05) is 11.1 Å².